The number of hydrogen-bond acceptors (Lipinski definition) is 2. The van der Waals surface area contributed by atoms with E-state index in [4.69, 9.17) is 4.74 Å². The third-order valence-corrected chi connectivity index (χ3v) is 4.67. The summed E-state index contributed by atoms with van der Waals surface area (Å²) in [6.45, 7) is 0. The molecule has 0 amide bonds. The summed E-state index contributed by atoms with van der Waals surface area (Å²) in [4.78, 5) is 4.31. The number of halogens is 1. The van der Waals surface area contributed by atoms with Gasteiger partial charge in [-0.2, -0.15) is 0 Å². The molecule has 2 fully saturated rings. The lowest BCUT2D eigenvalue weighted by Gasteiger charge is -2.28. The van der Waals surface area contributed by atoms with Crippen molar-refractivity contribution in [3.63, 3.8) is 0 Å². The predicted molar refractivity (Wildman–Crippen MR) is 71.4 cm³/mol. The molecule has 2 bridgehead atoms. The van der Waals surface area contributed by atoms with E-state index in [1.54, 1.807) is 0 Å². The molecule has 3 atom stereocenters. The van der Waals surface area contributed by atoms with Crippen molar-refractivity contribution in [3.05, 3.63) is 21.9 Å². The fourth-order valence-electron chi connectivity index (χ4n) is 3.16. The van der Waals surface area contributed by atoms with Gasteiger partial charge in [-0.25, -0.2) is 4.98 Å². The van der Waals surface area contributed by atoms with Gasteiger partial charge in [0.2, 0.25) is 5.88 Å². The molecule has 2 saturated carbocycles. The molecule has 0 N–H and O–H groups in total. The molecule has 2 aliphatic carbocycles. The summed E-state index contributed by atoms with van der Waals surface area (Å²) in [6.07, 6.45) is 8.99. The SMILES string of the molecule is Ic1cccnc1O[C@@H]1C[C@@H]2CC[C@@H](C2)C1. The topological polar surface area (TPSA) is 22.1 Å². The van der Waals surface area contributed by atoms with Gasteiger partial charge in [0.25, 0.3) is 0 Å². The van der Waals surface area contributed by atoms with Gasteiger partial charge < -0.3 is 4.74 Å². The Kier molecular flexibility index (Phi) is 3.05. The van der Waals surface area contributed by atoms with Crippen molar-refractivity contribution in [1.82, 2.24) is 4.98 Å². The molecule has 0 aromatic carbocycles. The third kappa shape index (κ3) is 2.19. The summed E-state index contributed by atoms with van der Waals surface area (Å²) in [7, 11) is 0. The van der Waals surface area contributed by atoms with Crippen LogP contribution >= 0.6 is 22.6 Å². The van der Waals surface area contributed by atoms with Gasteiger partial charge in [0.05, 0.1) is 3.57 Å². The predicted octanol–water partition coefficient (Wildman–Crippen LogP) is 3.64. The lowest BCUT2D eigenvalue weighted by Crippen LogP contribution is -2.26. The Morgan fingerprint density at radius 1 is 1.19 bits per heavy atom. The number of nitrogens with zero attached hydrogens (tertiary/aromatic N) is 1. The molecule has 86 valence electrons. The highest BCUT2D eigenvalue weighted by molar-refractivity contribution is 14.1. The number of ether oxygens (including phenoxy) is 1. The minimum absolute atomic E-state index is 0.412. The maximum Gasteiger partial charge on any atom is 0.227 e. The minimum atomic E-state index is 0.412. The van der Waals surface area contributed by atoms with Crippen LogP contribution in [0.5, 0.6) is 5.88 Å². The molecule has 1 heterocycles. The van der Waals surface area contributed by atoms with Crippen LogP contribution in [0.15, 0.2) is 18.3 Å². The molecule has 0 unspecified atom stereocenters. The number of hydrogen-bond donors (Lipinski definition) is 0. The van der Waals surface area contributed by atoms with Crippen molar-refractivity contribution < 1.29 is 4.74 Å². The summed E-state index contributed by atoms with van der Waals surface area (Å²) >= 11 is 2.30. The maximum atomic E-state index is 6.05. The van der Waals surface area contributed by atoms with E-state index in [9.17, 15) is 0 Å². The normalized spacial score (nSPS) is 32.7. The van der Waals surface area contributed by atoms with Gasteiger partial charge in [0, 0.05) is 6.20 Å². The van der Waals surface area contributed by atoms with Crippen LogP contribution in [0.3, 0.4) is 0 Å². The molecule has 0 spiro atoms. The molecular formula is C13H16INO. The van der Waals surface area contributed by atoms with Gasteiger partial charge in [-0.05, 0) is 65.8 Å². The summed E-state index contributed by atoms with van der Waals surface area (Å²) in [6, 6.07) is 4.01. The molecule has 1 aromatic rings. The van der Waals surface area contributed by atoms with Crippen LogP contribution in [-0.4, -0.2) is 11.1 Å². The standard InChI is InChI=1S/C13H16INO/c14-12-2-1-5-15-13(12)16-11-7-9-3-4-10(6-9)8-11/h1-2,5,9-11H,3-4,6-8H2/t9-,10+,11-. The van der Waals surface area contributed by atoms with E-state index in [2.05, 4.69) is 33.6 Å². The summed E-state index contributed by atoms with van der Waals surface area (Å²) < 4.78 is 7.17. The Hall–Kier alpha value is -0.320. The smallest absolute Gasteiger partial charge is 0.227 e. The maximum absolute atomic E-state index is 6.05. The largest absolute Gasteiger partial charge is 0.474 e. The molecule has 2 nitrogen and oxygen atoms in total. The zero-order chi connectivity index (χ0) is 11.0. The fraction of sp³-hybridized carbons (Fsp3) is 0.615. The second kappa shape index (κ2) is 4.51. The van der Waals surface area contributed by atoms with Crippen molar-refractivity contribution >= 4 is 22.6 Å². The second-order valence-electron chi connectivity index (χ2n) is 5.05. The highest BCUT2D eigenvalue weighted by Crippen LogP contribution is 2.43. The van der Waals surface area contributed by atoms with E-state index in [0.717, 1.165) is 21.3 Å². The van der Waals surface area contributed by atoms with Crippen molar-refractivity contribution in [3.8, 4) is 5.88 Å². The van der Waals surface area contributed by atoms with Gasteiger partial charge in [0.15, 0.2) is 0 Å². The quantitative estimate of drug-likeness (QED) is 0.773. The van der Waals surface area contributed by atoms with Gasteiger partial charge in [0.1, 0.15) is 6.10 Å². The van der Waals surface area contributed by atoms with Crippen LogP contribution in [0.1, 0.15) is 32.1 Å². The van der Waals surface area contributed by atoms with E-state index in [0.29, 0.717) is 6.10 Å². The first kappa shape index (κ1) is 10.8. The number of aromatic nitrogens is 1. The Balaban J connectivity index is 1.69. The van der Waals surface area contributed by atoms with Crippen LogP contribution in [0.4, 0.5) is 0 Å². The average molecular weight is 329 g/mol. The van der Waals surface area contributed by atoms with Crippen molar-refractivity contribution in [2.24, 2.45) is 11.8 Å². The lowest BCUT2D eigenvalue weighted by atomic mass is 9.87. The van der Waals surface area contributed by atoms with Crippen molar-refractivity contribution in [1.29, 1.82) is 0 Å². The zero-order valence-corrected chi connectivity index (χ0v) is 11.4. The number of fused-ring (bicyclic) bond motifs is 2. The highest BCUT2D eigenvalue weighted by atomic mass is 127. The van der Waals surface area contributed by atoms with E-state index < -0.39 is 0 Å². The third-order valence-electron chi connectivity index (χ3n) is 3.85. The first-order valence-electron chi connectivity index (χ1n) is 6.08. The van der Waals surface area contributed by atoms with Gasteiger partial charge >= 0.3 is 0 Å². The molecule has 0 saturated heterocycles. The van der Waals surface area contributed by atoms with Gasteiger partial charge in [-0.3, -0.25) is 0 Å². The Bertz CT molecular complexity index is 370. The van der Waals surface area contributed by atoms with Gasteiger partial charge in [-0.1, -0.05) is 12.8 Å². The first-order valence-corrected chi connectivity index (χ1v) is 7.16. The van der Waals surface area contributed by atoms with Crippen LogP contribution < -0.4 is 4.74 Å². The monoisotopic (exact) mass is 329 g/mol. The first-order chi connectivity index (χ1) is 7.81. The molecule has 16 heavy (non-hydrogen) atoms. The summed E-state index contributed by atoms with van der Waals surface area (Å²) in [5.41, 5.74) is 0. The Labute approximate surface area is 110 Å². The molecular weight excluding hydrogens is 313 g/mol. The van der Waals surface area contributed by atoms with E-state index in [1.165, 1.54) is 32.1 Å². The van der Waals surface area contributed by atoms with E-state index in [1.807, 2.05) is 12.3 Å². The van der Waals surface area contributed by atoms with Crippen LogP contribution in [0.25, 0.3) is 0 Å². The molecule has 0 aliphatic heterocycles. The highest BCUT2D eigenvalue weighted by Gasteiger charge is 2.35. The molecule has 0 radical (unpaired) electrons. The fourth-order valence-corrected chi connectivity index (χ4v) is 3.63. The van der Waals surface area contributed by atoms with Crippen molar-refractivity contribution in [2.75, 3.05) is 0 Å². The summed E-state index contributed by atoms with van der Waals surface area (Å²) in [5, 5.41) is 0. The lowest BCUT2D eigenvalue weighted by molar-refractivity contribution is 0.113. The van der Waals surface area contributed by atoms with Crippen LogP contribution in [0.2, 0.25) is 0 Å². The van der Waals surface area contributed by atoms with E-state index in [-0.39, 0.29) is 0 Å². The summed E-state index contributed by atoms with van der Waals surface area (Å²) in [5.74, 6) is 2.67. The number of pyridine rings is 1. The Morgan fingerprint density at radius 2 is 1.94 bits per heavy atom. The van der Waals surface area contributed by atoms with Crippen LogP contribution in [-0.2, 0) is 0 Å². The average Bonchev–Trinajstić information content (AvgIpc) is 2.62. The molecule has 3 heteroatoms. The Morgan fingerprint density at radius 3 is 2.62 bits per heavy atom. The minimum Gasteiger partial charge on any atom is -0.474 e. The van der Waals surface area contributed by atoms with E-state index >= 15 is 0 Å². The number of rotatable bonds is 2. The molecule has 2 aliphatic rings. The van der Waals surface area contributed by atoms with Crippen molar-refractivity contribution in [2.45, 2.75) is 38.2 Å². The van der Waals surface area contributed by atoms with Crippen LogP contribution in [0, 0.1) is 15.4 Å². The molecule has 3 rings (SSSR count). The molecule has 1 aromatic heterocycles. The second-order valence-corrected chi connectivity index (χ2v) is 6.21. The van der Waals surface area contributed by atoms with Gasteiger partial charge in [-0.15, -0.1) is 0 Å². The zero-order valence-electron chi connectivity index (χ0n) is 9.23.